The summed E-state index contributed by atoms with van der Waals surface area (Å²) in [5, 5.41) is 18.9. The van der Waals surface area contributed by atoms with Gasteiger partial charge in [-0.15, -0.1) is 0 Å². The molecule has 0 amide bonds. The molecule has 0 atom stereocenters. The van der Waals surface area contributed by atoms with Gasteiger partial charge in [-0.05, 0) is 55.3 Å². The molecular weight excluding hydrogens is 346 g/mol. The molecule has 1 aliphatic heterocycles. The molecule has 0 radical (unpaired) electrons. The molecule has 26 heavy (non-hydrogen) atoms. The monoisotopic (exact) mass is 367 g/mol. The van der Waals surface area contributed by atoms with E-state index in [2.05, 4.69) is 10.00 Å². The molecular formula is C21H22ClN3O. The molecule has 0 bridgehead atoms. The van der Waals surface area contributed by atoms with Crippen molar-refractivity contribution >= 4 is 11.6 Å². The van der Waals surface area contributed by atoms with E-state index in [4.69, 9.17) is 16.7 Å². The summed E-state index contributed by atoms with van der Waals surface area (Å²) in [5.74, 6) is 0.302. The number of rotatable bonds is 3. The minimum Gasteiger partial charge on any atom is -0.508 e. The van der Waals surface area contributed by atoms with Crippen molar-refractivity contribution in [3.05, 3.63) is 69.9 Å². The van der Waals surface area contributed by atoms with Crippen molar-refractivity contribution in [3.63, 3.8) is 0 Å². The first kappa shape index (κ1) is 17.1. The van der Waals surface area contributed by atoms with E-state index in [0.29, 0.717) is 12.3 Å². The molecule has 134 valence electrons. The van der Waals surface area contributed by atoms with Crippen LogP contribution in [0.5, 0.6) is 5.75 Å². The first-order valence-electron chi connectivity index (χ1n) is 8.95. The predicted octanol–water partition coefficient (Wildman–Crippen LogP) is 3.95. The molecule has 2 aromatic carbocycles. The summed E-state index contributed by atoms with van der Waals surface area (Å²) in [5.41, 5.74) is 7.04. The minimum atomic E-state index is 0.302. The zero-order valence-electron chi connectivity index (χ0n) is 14.8. The van der Waals surface area contributed by atoms with Crippen molar-refractivity contribution in [2.45, 2.75) is 26.3 Å². The van der Waals surface area contributed by atoms with E-state index in [1.165, 1.54) is 16.8 Å². The van der Waals surface area contributed by atoms with Crippen LogP contribution in [0.4, 0.5) is 0 Å². The van der Waals surface area contributed by atoms with Gasteiger partial charge in [-0.3, -0.25) is 4.68 Å². The Labute approximate surface area is 158 Å². The van der Waals surface area contributed by atoms with E-state index in [-0.39, 0.29) is 0 Å². The van der Waals surface area contributed by atoms with Crippen LogP contribution < -0.4 is 5.32 Å². The number of hydrogen-bond acceptors (Lipinski definition) is 3. The molecule has 5 heteroatoms. The van der Waals surface area contributed by atoms with Crippen molar-refractivity contribution in [1.82, 2.24) is 15.1 Å². The van der Waals surface area contributed by atoms with Crippen molar-refractivity contribution < 1.29 is 5.11 Å². The molecule has 0 unspecified atom stereocenters. The minimum absolute atomic E-state index is 0.302. The molecule has 2 heterocycles. The maximum atomic E-state index is 9.67. The standard InChI is InChI=1S/C21H22ClN3O/c1-14-12-18(26)7-4-16(14)13-25-20-9-11-23-10-8-19(20)21(24-25)15-2-5-17(22)6-3-15/h2-7,12,23,26H,8-11,13H2,1H3. The van der Waals surface area contributed by atoms with Crippen molar-refractivity contribution in [2.75, 3.05) is 13.1 Å². The highest BCUT2D eigenvalue weighted by atomic mass is 35.5. The van der Waals surface area contributed by atoms with Crippen LogP contribution in [0.2, 0.25) is 5.02 Å². The van der Waals surface area contributed by atoms with E-state index in [0.717, 1.165) is 47.8 Å². The third-order valence-corrected chi connectivity index (χ3v) is 5.27. The Morgan fingerprint density at radius 3 is 2.65 bits per heavy atom. The topological polar surface area (TPSA) is 50.1 Å². The van der Waals surface area contributed by atoms with Crippen LogP contribution >= 0.6 is 11.6 Å². The molecule has 0 saturated carbocycles. The van der Waals surface area contributed by atoms with Gasteiger partial charge in [0.05, 0.1) is 12.2 Å². The van der Waals surface area contributed by atoms with E-state index >= 15 is 0 Å². The van der Waals surface area contributed by atoms with Crippen LogP contribution in [-0.2, 0) is 19.4 Å². The van der Waals surface area contributed by atoms with Gasteiger partial charge in [-0.25, -0.2) is 0 Å². The van der Waals surface area contributed by atoms with E-state index in [9.17, 15) is 5.11 Å². The second-order valence-corrected chi connectivity index (χ2v) is 7.24. The number of nitrogens with one attached hydrogen (secondary N) is 1. The van der Waals surface area contributed by atoms with Crippen LogP contribution in [-0.4, -0.2) is 28.0 Å². The van der Waals surface area contributed by atoms with Crippen molar-refractivity contribution in [3.8, 4) is 17.0 Å². The number of hydrogen-bond donors (Lipinski definition) is 2. The fourth-order valence-corrected chi connectivity index (χ4v) is 3.74. The lowest BCUT2D eigenvalue weighted by atomic mass is 10.0. The number of fused-ring (bicyclic) bond motifs is 1. The molecule has 0 spiro atoms. The van der Waals surface area contributed by atoms with E-state index in [1.54, 1.807) is 12.1 Å². The van der Waals surface area contributed by atoms with Gasteiger partial charge >= 0.3 is 0 Å². The zero-order chi connectivity index (χ0) is 18.1. The summed E-state index contributed by atoms with van der Waals surface area (Å²) >= 11 is 6.06. The maximum Gasteiger partial charge on any atom is 0.115 e. The lowest BCUT2D eigenvalue weighted by Crippen LogP contribution is -2.17. The van der Waals surface area contributed by atoms with Gasteiger partial charge in [0.2, 0.25) is 0 Å². The molecule has 0 fully saturated rings. The fourth-order valence-electron chi connectivity index (χ4n) is 3.61. The number of aromatic hydroxyl groups is 1. The highest BCUT2D eigenvalue weighted by molar-refractivity contribution is 6.30. The second-order valence-electron chi connectivity index (χ2n) is 6.80. The number of phenolic OH excluding ortho intramolecular Hbond substituents is 1. The predicted molar refractivity (Wildman–Crippen MR) is 105 cm³/mol. The summed E-state index contributed by atoms with van der Waals surface area (Å²) < 4.78 is 2.13. The summed E-state index contributed by atoms with van der Waals surface area (Å²) in [7, 11) is 0. The third-order valence-electron chi connectivity index (χ3n) is 5.02. The quantitative estimate of drug-likeness (QED) is 0.736. The van der Waals surface area contributed by atoms with Crippen LogP contribution in [0, 0.1) is 6.92 Å². The first-order chi connectivity index (χ1) is 12.6. The molecule has 1 aliphatic rings. The normalized spacial score (nSPS) is 14.1. The summed E-state index contributed by atoms with van der Waals surface area (Å²) in [6, 6.07) is 13.4. The Bertz CT molecular complexity index is 931. The number of nitrogens with zero attached hydrogens (tertiary/aromatic N) is 2. The molecule has 0 aliphatic carbocycles. The summed E-state index contributed by atoms with van der Waals surface area (Å²) in [4.78, 5) is 0. The van der Waals surface area contributed by atoms with Gasteiger partial charge < -0.3 is 10.4 Å². The Balaban J connectivity index is 1.78. The molecule has 4 rings (SSSR count). The number of aromatic nitrogens is 2. The number of benzene rings is 2. The van der Waals surface area contributed by atoms with Gasteiger partial charge in [0.25, 0.3) is 0 Å². The highest BCUT2D eigenvalue weighted by Gasteiger charge is 2.21. The van der Waals surface area contributed by atoms with Crippen LogP contribution in [0.15, 0.2) is 42.5 Å². The lowest BCUT2D eigenvalue weighted by Gasteiger charge is -2.10. The maximum absolute atomic E-state index is 9.67. The molecule has 2 N–H and O–H groups in total. The van der Waals surface area contributed by atoms with Gasteiger partial charge in [0.15, 0.2) is 0 Å². The Morgan fingerprint density at radius 2 is 1.88 bits per heavy atom. The first-order valence-corrected chi connectivity index (χ1v) is 9.33. The lowest BCUT2D eigenvalue weighted by molar-refractivity contribution is 0.474. The third kappa shape index (κ3) is 3.35. The van der Waals surface area contributed by atoms with Crippen molar-refractivity contribution in [1.29, 1.82) is 0 Å². The van der Waals surface area contributed by atoms with E-state index < -0.39 is 0 Å². The number of phenols is 1. The van der Waals surface area contributed by atoms with Gasteiger partial charge in [-0.1, -0.05) is 29.8 Å². The molecule has 0 saturated heterocycles. The number of halogens is 1. The molecule has 4 nitrogen and oxygen atoms in total. The average molecular weight is 368 g/mol. The molecule has 1 aromatic heterocycles. The van der Waals surface area contributed by atoms with Crippen LogP contribution in [0.25, 0.3) is 11.3 Å². The van der Waals surface area contributed by atoms with Crippen LogP contribution in [0.3, 0.4) is 0 Å². The van der Waals surface area contributed by atoms with Gasteiger partial charge in [0, 0.05) is 34.8 Å². The number of aryl methyl sites for hydroxylation is 1. The summed E-state index contributed by atoms with van der Waals surface area (Å²) in [6.45, 7) is 4.67. The average Bonchev–Trinajstić information content (AvgIpc) is 2.80. The Hall–Kier alpha value is -2.30. The van der Waals surface area contributed by atoms with E-state index in [1.807, 2.05) is 37.3 Å². The zero-order valence-corrected chi connectivity index (χ0v) is 15.6. The molecule has 3 aromatic rings. The Kier molecular flexibility index (Phi) is 4.70. The van der Waals surface area contributed by atoms with Gasteiger partial charge in [0.1, 0.15) is 5.75 Å². The van der Waals surface area contributed by atoms with Crippen LogP contribution in [0.1, 0.15) is 22.4 Å². The largest absolute Gasteiger partial charge is 0.508 e. The highest BCUT2D eigenvalue weighted by Crippen LogP contribution is 2.29. The Morgan fingerprint density at radius 1 is 1.12 bits per heavy atom. The smallest absolute Gasteiger partial charge is 0.115 e. The summed E-state index contributed by atoms with van der Waals surface area (Å²) in [6.07, 6.45) is 1.94. The SMILES string of the molecule is Cc1cc(O)ccc1Cn1nc(-c2ccc(Cl)cc2)c2c1CCNCC2. The van der Waals surface area contributed by atoms with Gasteiger partial charge in [-0.2, -0.15) is 5.10 Å². The van der Waals surface area contributed by atoms with Crippen molar-refractivity contribution in [2.24, 2.45) is 0 Å². The fraction of sp³-hybridized carbons (Fsp3) is 0.286. The second kappa shape index (κ2) is 7.14.